The number of nitrogens with zero attached hydrogens (tertiary/aromatic N) is 4. The van der Waals surface area contributed by atoms with Crippen LogP contribution in [0.5, 0.6) is 0 Å². The first-order chi connectivity index (χ1) is 17.3. The topological polar surface area (TPSA) is 88.1 Å². The van der Waals surface area contributed by atoms with Gasteiger partial charge in [0.2, 0.25) is 10.0 Å². The summed E-state index contributed by atoms with van der Waals surface area (Å²) in [6.45, 7) is 0. The summed E-state index contributed by atoms with van der Waals surface area (Å²) in [6.07, 6.45) is 5.92. The lowest BCUT2D eigenvalue weighted by Gasteiger charge is -2.23. The van der Waals surface area contributed by atoms with Gasteiger partial charge in [0, 0.05) is 36.0 Å². The van der Waals surface area contributed by atoms with E-state index in [4.69, 9.17) is 16.6 Å². The van der Waals surface area contributed by atoms with E-state index in [2.05, 4.69) is 14.7 Å². The van der Waals surface area contributed by atoms with Crippen LogP contribution in [-0.2, 0) is 10.0 Å². The van der Waals surface area contributed by atoms with Crippen LogP contribution in [-0.4, -0.2) is 36.7 Å². The monoisotopic (exact) mass is 515 g/mol. The first kappa shape index (κ1) is 23.7. The Labute approximate surface area is 214 Å². The molecule has 7 nitrogen and oxygen atoms in total. The fourth-order valence-corrected chi connectivity index (χ4v) is 5.03. The molecule has 0 aliphatic heterocycles. The second kappa shape index (κ2) is 9.56. The molecule has 0 saturated heterocycles. The van der Waals surface area contributed by atoms with Gasteiger partial charge in [-0.3, -0.25) is 9.71 Å². The molecule has 0 saturated carbocycles. The summed E-state index contributed by atoms with van der Waals surface area (Å²) in [5.74, 6) is 1.37. The molecule has 5 rings (SSSR count). The molecule has 0 unspecified atom stereocenters. The van der Waals surface area contributed by atoms with E-state index in [0.717, 1.165) is 34.0 Å². The second-order valence-electron chi connectivity index (χ2n) is 8.28. The lowest BCUT2D eigenvalue weighted by molar-refractivity contribution is 0.607. The third kappa shape index (κ3) is 4.73. The van der Waals surface area contributed by atoms with Gasteiger partial charge in [0.25, 0.3) is 0 Å². The van der Waals surface area contributed by atoms with E-state index in [-0.39, 0.29) is 5.15 Å². The highest BCUT2D eigenvalue weighted by Gasteiger charge is 2.21. The Morgan fingerprint density at radius 3 is 2.42 bits per heavy atom. The first-order valence-electron chi connectivity index (χ1n) is 11.1. The smallest absolute Gasteiger partial charge is 0.229 e. The third-order valence-corrected chi connectivity index (χ3v) is 6.57. The zero-order valence-corrected chi connectivity index (χ0v) is 21.1. The van der Waals surface area contributed by atoms with E-state index in [9.17, 15) is 8.42 Å². The molecule has 36 heavy (non-hydrogen) atoms. The summed E-state index contributed by atoms with van der Waals surface area (Å²) in [4.78, 5) is 15.5. The van der Waals surface area contributed by atoms with E-state index >= 15 is 0 Å². The predicted molar refractivity (Wildman–Crippen MR) is 146 cm³/mol. The van der Waals surface area contributed by atoms with Crippen LogP contribution in [0.15, 0.2) is 91.4 Å². The van der Waals surface area contributed by atoms with Crippen molar-refractivity contribution in [2.24, 2.45) is 0 Å². The van der Waals surface area contributed by atoms with E-state index in [1.165, 1.54) is 6.20 Å². The Morgan fingerprint density at radius 2 is 1.69 bits per heavy atom. The van der Waals surface area contributed by atoms with Gasteiger partial charge >= 0.3 is 0 Å². The largest absolute Gasteiger partial charge is 0.314 e. The maximum absolute atomic E-state index is 11.8. The van der Waals surface area contributed by atoms with Gasteiger partial charge in [0.05, 0.1) is 18.1 Å². The molecule has 0 aliphatic rings. The number of anilines is 3. The summed E-state index contributed by atoms with van der Waals surface area (Å²) in [5.41, 5.74) is 3.65. The number of hydrogen-bond acceptors (Lipinski definition) is 6. The molecule has 0 fully saturated rings. The zero-order valence-electron chi connectivity index (χ0n) is 19.6. The Morgan fingerprint density at radius 1 is 0.917 bits per heavy atom. The van der Waals surface area contributed by atoms with Crippen LogP contribution in [0.2, 0.25) is 5.15 Å². The van der Waals surface area contributed by atoms with Crippen LogP contribution in [0, 0.1) is 0 Å². The Kier molecular flexibility index (Phi) is 6.30. The van der Waals surface area contributed by atoms with Crippen molar-refractivity contribution >= 4 is 49.7 Å². The highest BCUT2D eigenvalue weighted by Crippen LogP contribution is 2.43. The fraction of sp³-hybridized carbons (Fsp3) is 0.0741. The molecule has 0 atom stereocenters. The molecular formula is C27H22ClN5O2S. The third-order valence-electron chi connectivity index (χ3n) is 5.69. The maximum atomic E-state index is 11.8. The van der Waals surface area contributed by atoms with Crippen LogP contribution in [0.4, 0.5) is 17.3 Å². The van der Waals surface area contributed by atoms with Crippen LogP contribution >= 0.6 is 11.6 Å². The summed E-state index contributed by atoms with van der Waals surface area (Å²) in [7, 11) is -1.57. The molecular weight excluding hydrogens is 494 g/mol. The van der Waals surface area contributed by atoms with Crippen LogP contribution in [0.25, 0.3) is 33.0 Å². The molecule has 0 bridgehead atoms. The van der Waals surface area contributed by atoms with Crippen LogP contribution < -0.4 is 9.62 Å². The second-order valence-corrected chi connectivity index (χ2v) is 10.4. The summed E-state index contributed by atoms with van der Waals surface area (Å²) in [5, 5.41) is 2.01. The number of halogens is 1. The number of pyridine rings is 3. The highest BCUT2D eigenvalue weighted by atomic mass is 35.5. The normalized spacial score (nSPS) is 11.4. The van der Waals surface area contributed by atoms with E-state index in [1.807, 2.05) is 78.7 Å². The van der Waals surface area contributed by atoms with Gasteiger partial charge in [-0.25, -0.2) is 18.4 Å². The van der Waals surface area contributed by atoms with Gasteiger partial charge in [-0.2, -0.15) is 0 Å². The molecule has 0 amide bonds. The van der Waals surface area contributed by atoms with Gasteiger partial charge in [-0.15, -0.1) is 0 Å². The molecule has 1 N–H and O–H groups in total. The minimum absolute atomic E-state index is 0.267. The summed E-state index contributed by atoms with van der Waals surface area (Å²) >= 11 is 6.83. The highest BCUT2D eigenvalue weighted by molar-refractivity contribution is 7.92. The molecule has 180 valence electrons. The van der Waals surface area contributed by atoms with Gasteiger partial charge in [0.15, 0.2) is 0 Å². The van der Waals surface area contributed by atoms with Crippen LogP contribution in [0.3, 0.4) is 0 Å². The standard InChI is InChI=1S/C27H22ClN5O2S/c1-33(23-13-6-7-14-30-23)27-25-21(18-9-4-3-5-10-18)11-8-12-22(25)24(26(28)31-27)19-15-20(17-29-16-19)32-36(2,34)35/h3-17,32H,1-2H3. The lowest BCUT2D eigenvalue weighted by Crippen LogP contribution is -2.14. The zero-order chi connectivity index (χ0) is 25.3. The van der Waals surface area contributed by atoms with Gasteiger partial charge < -0.3 is 4.90 Å². The number of benzene rings is 2. The maximum Gasteiger partial charge on any atom is 0.229 e. The molecule has 9 heteroatoms. The van der Waals surface area contributed by atoms with Gasteiger partial charge in [-0.05, 0) is 34.7 Å². The van der Waals surface area contributed by atoms with Crippen molar-refractivity contribution in [2.45, 2.75) is 0 Å². The molecule has 5 aromatic rings. The number of aromatic nitrogens is 3. The van der Waals surface area contributed by atoms with Crippen molar-refractivity contribution in [1.29, 1.82) is 0 Å². The van der Waals surface area contributed by atoms with Gasteiger partial charge in [0.1, 0.15) is 16.8 Å². The first-order valence-corrected chi connectivity index (χ1v) is 13.3. The van der Waals surface area contributed by atoms with Crippen molar-refractivity contribution < 1.29 is 8.42 Å². The lowest BCUT2D eigenvalue weighted by atomic mass is 9.94. The van der Waals surface area contributed by atoms with E-state index < -0.39 is 10.0 Å². The minimum atomic E-state index is -3.47. The molecule has 3 aromatic heterocycles. The SMILES string of the molecule is CN(c1ccccn1)c1nc(Cl)c(-c2cncc(NS(C)(=O)=O)c2)c2cccc(-c3ccccc3)c12. The number of sulfonamides is 1. The average molecular weight is 516 g/mol. The Bertz CT molecular complexity index is 1660. The number of fused-ring (bicyclic) bond motifs is 1. The van der Waals surface area contributed by atoms with E-state index in [1.54, 1.807) is 18.5 Å². The molecule has 0 aliphatic carbocycles. The Balaban J connectivity index is 1.81. The minimum Gasteiger partial charge on any atom is -0.314 e. The molecule has 2 aromatic carbocycles. The molecule has 0 spiro atoms. The van der Waals surface area contributed by atoms with Crippen molar-refractivity contribution in [3.8, 4) is 22.3 Å². The Hall–Kier alpha value is -4.01. The molecule has 0 radical (unpaired) electrons. The van der Waals surface area contributed by atoms with Crippen LogP contribution in [0.1, 0.15) is 0 Å². The van der Waals surface area contributed by atoms with Crippen molar-refractivity contribution in [2.75, 3.05) is 22.9 Å². The van der Waals surface area contributed by atoms with E-state index in [0.29, 0.717) is 22.6 Å². The quantitative estimate of drug-likeness (QED) is 0.273. The van der Waals surface area contributed by atoms with Crippen molar-refractivity contribution in [3.05, 3.63) is 96.5 Å². The average Bonchev–Trinajstić information content (AvgIpc) is 2.87. The number of nitrogens with one attached hydrogen (secondary N) is 1. The number of rotatable bonds is 6. The fourth-order valence-electron chi connectivity index (χ4n) is 4.20. The van der Waals surface area contributed by atoms with Crippen molar-refractivity contribution in [1.82, 2.24) is 15.0 Å². The molecule has 3 heterocycles. The van der Waals surface area contributed by atoms with Gasteiger partial charge in [-0.1, -0.05) is 66.2 Å². The predicted octanol–water partition coefficient (Wildman–Crippen LogP) is 6.15. The number of hydrogen-bond donors (Lipinski definition) is 1. The van der Waals surface area contributed by atoms with Crippen molar-refractivity contribution in [3.63, 3.8) is 0 Å². The summed E-state index contributed by atoms with van der Waals surface area (Å²) in [6, 6.07) is 23.4. The summed E-state index contributed by atoms with van der Waals surface area (Å²) < 4.78 is 26.1.